The van der Waals surface area contributed by atoms with E-state index in [2.05, 4.69) is 17.2 Å². The van der Waals surface area contributed by atoms with Crippen LogP contribution in [0.4, 0.5) is 0 Å². The van der Waals surface area contributed by atoms with E-state index >= 15 is 0 Å². The summed E-state index contributed by atoms with van der Waals surface area (Å²) in [6.07, 6.45) is 0.672. The minimum absolute atomic E-state index is 0.215. The van der Waals surface area contributed by atoms with Gasteiger partial charge in [0.1, 0.15) is 0 Å². The Kier molecular flexibility index (Phi) is 5.09. The second-order valence-corrected chi connectivity index (χ2v) is 4.95. The quantitative estimate of drug-likeness (QED) is 0.616. The Morgan fingerprint density at radius 2 is 2.24 bits per heavy atom. The minimum atomic E-state index is -0.263. The molecule has 0 spiro atoms. The number of nitrogens with one attached hydrogen (secondary N) is 1. The van der Waals surface area contributed by atoms with Crippen molar-refractivity contribution >= 4 is 11.8 Å². The standard InChI is InChI=1S/C16H19N3O2/c1-2-14-16(21)18-15(20)11-19(14)10-13-6-3-5-12(9-13)7-4-8-17/h3,5-6,9,14H,2,8,10-11,17H2,1H3,(H,18,20,21). The number of hydrogen-bond acceptors (Lipinski definition) is 4. The van der Waals surface area contributed by atoms with Gasteiger partial charge in [-0.2, -0.15) is 0 Å². The van der Waals surface area contributed by atoms with E-state index in [0.29, 0.717) is 19.5 Å². The van der Waals surface area contributed by atoms with Crippen molar-refractivity contribution in [3.05, 3.63) is 35.4 Å². The van der Waals surface area contributed by atoms with Crippen molar-refractivity contribution in [1.82, 2.24) is 10.2 Å². The third-order valence-corrected chi connectivity index (χ3v) is 3.39. The normalized spacial score (nSPS) is 18.9. The van der Waals surface area contributed by atoms with Crippen LogP contribution in [0.1, 0.15) is 24.5 Å². The lowest BCUT2D eigenvalue weighted by molar-refractivity contribution is -0.140. The van der Waals surface area contributed by atoms with Crippen molar-refractivity contribution in [2.75, 3.05) is 13.1 Å². The molecule has 5 nitrogen and oxygen atoms in total. The van der Waals surface area contributed by atoms with Crippen LogP contribution in [0.25, 0.3) is 0 Å². The first-order valence-corrected chi connectivity index (χ1v) is 6.99. The first kappa shape index (κ1) is 15.2. The zero-order valence-corrected chi connectivity index (χ0v) is 12.1. The van der Waals surface area contributed by atoms with Gasteiger partial charge in [-0.25, -0.2) is 0 Å². The fourth-order valence-corrected chi connectivity index (χ4v) is 2.47. The summed E-state index contributed by atoms with van der Waals surface area (Å²) in [6, 6.07) is 7.51. The molecule has 0 aromatic heterocycles. The van der Waals surface area contributed by atoms with Crippen LogP contribution in [0, 0.1) is 11.8 Å². The molecular formula is C16H19N3O2. The molecule has 0 saturated carbocycles. The van der Waals surface area contributed by atoms with Gasteiger partial charge in [0.05, 0.1) is 19.1 Å². The van der Waals surface area contributed by atoms with Gasteiger partial charge in [-0.3, -0.25) is 19.8 Å². The number of hydrogen-bond donors (Lipinski definition) is 2. The Bertz CT molecular complexity index is 601. The van der Waals surface area contributed by atoms with Crippen LogP contribution < -0.4 is 11.1 Å². The number of imide groups is 1. The van der Waals surface area contributed by atoms with Crippen molar-refractivity contribution in [3.8, 4) is 11.8 Å². The highest BCUT2D eigenvalue weighted by molar-refractivity contribution is 6.01. The molecule has 1 atom stereocenters. The molecule has 1 heterocycles. The van der Waals surface area contributed by atoms with Crippen molar-refractivity contribution in [1.29, 1.82) is 0 Å². The Morgan fingerprint density at radius 3 is 2.95 bits per heavy atom. The number of benzene rings is 1. The summed E-state index contributed by atoms with van der Waals surface area (Å²) in [5, 5.41) is 2.38. The average molecular weight is 285 g/mol. The highest BCUT2D eigenvalue weighted by atomic mass is 16.2. The lowest BCUT2D eigenvalue weighted by Crippen LogP contribution is -2.57. The Morgan fingerprint density at radius 1 is 1.43 bits per heavy atom. The second-order valence-electron chi connectivity index (χ2n) is 4.95. The van der Waals surface area contributed by atoms with Gasteiger partial charge in [-0.15, -0.1) is 0 Å². The first-order chi connectivity index (χ1) is 10.1. The Balaban J connectivity index is 2.15. The van der Waals surface area contributed by atoms with Gasteiger partial charge < -0.3 is 5.73 Å². The van der Waals surface area contributed by atoms with Gasteiger partial charge in [-0.05, 0) is 24.1 Å². The number of rotatable bonds is 3. The number of nitrogens with zero attached hydrogens (tertiary/aromatic N) is 1. The lowest BCUT2D eigenvalue weighted by atomic mass is 10.1. The Hall–Kier alpha value is -2.16. The van der Waals surface area contributed by atoms with E-state index in [1.54, 1.807) is 0 Å². The molecule has 0 bridgehead atoms. The largest absolute Gasteiger partial charge is 0.320 e. The number of piperazine rings is 1. The van der Waals surface area contributed by atoms with E-state index in [9.17, 15) is 9.59 Å². The van der Waals surface area contributed by atoms with Crippen LogP contribution in [0.5, 0.6) is 0 Å². The predicted octanol–water partition coefficient (Wildman–Crippen LogP) is 0.234. The summed E-state index contributed by atoms with van der Waals surface area (Å²) in [5.41, 5.74) is 7.28. The summed E-state index contributed by atoms with van der Waals surface area (Å²) in [4.78, 5) is 25.3. The van der Waals surface area contributed by atoms with Gasteiger partial charge in [0.2, 0.25) is 11.8 Å². The molecular weight excluding hydrogens is 266 g/mol. The zero-order chi connectivity index (χ0) is 15.2. The van der Waals surface area contributed by atoms with Gasteiger partial charge >= 0.3 is 0 Å². The topological polar surface area (TPSA) is 75.4 Å². The van der Waals surface area contributed by atoms with E-state index in [4.69, 9.17) is 5.73 Å². The zero-order valence-electron chi connectivity index (χ0n) is 12.1. The number of carbonyl (C=O) groups is 2. The monoisotopic (exact) mass is 285 g/mol. The summed E-state index contributed by atoms with van der Waals surface area (Å²) in [7, 11) is 0. The van der Waals surface area contributed by atoms with Crippen LogP contribution >= 0.6 is 0 Å². The Labute approximate surface area is 124 Å². The van der Waals surface area contributed by atoms with E-state index < -0.39 is 0 Å². The molecule has 1 fully saturated rings. The fourth-order valence-electron chi connectivity index (χ4n) is 2.47. The number of amides is 2. The molecule has 0 aliphatic carbocycles. The summed E-state index contributed by atoms with van der Waals surface area (Å²) in [6.45, 7) is 3.05. The molecule has 1 aromatic rings. The highest BCUT2D eigenvalue weighted by Crippen LogP contribution is 2.14. The van der Waals surface area contributed by atoms with Gasteiger partial charge in [0.25, 0.3) is 0 Å². The molecule has 110 valence electrons. The van der Waals surface area contributed by atoms with Crippen LogP contribution in [0.15, 0.2) is 24.3 Å². The average Bonchev–Trinajstić information content (AvgIpc) is 2.45. The van der Waals surface area contributed by atoms with E-state index in [0.717, 1.165) is 11.1 Å². The molecule has 21 heavy (non-hydrogen) atoms. The molecule has 3 N–H and O–H groups in total. The maximum Gasteiger partial charge on any atom is 0.243 e. The van der Waals surface area contributed by atoms with Crippen LogP contribution in [-0.4, -0.2) is 35.8 Å². The third-order valence-electron chi connectivity index (χ3n) is 3.39. The highest BCUT2D eigenvalue weighted by Gasteiger charge is 2.32. The molecule has 1 unspecified atom stereocenters. The molecule has 1 saturated heterocycles. The van der Waals surface area contributed by atoms with Gasteiger partial charge in [0, 0.05) is 12.1 Å². The summed E-state index contributed by atoms with van der Waals surface area (Å²) in [5.74, 6) is 5.34. The first-order valence-electron chi connectivity index (χ1n) is 6.99. The van der Waals surface area contributed by atoms with E-state index in [1.807, 2.05) is 36.1 Å². The van der Waals surface area contributed by atoms with Gasteiger partial charge in [0.15, 0.2) is 0 Å². The molecule has 2 rings (SSSR count). The van der Waals surface area contributed by atoms with Crippen molar-refractivity contribution in [2.45, 2.75) is 25.9 Å². The van der Waals surface area contributed by atoms with Crippen molar-refractivity contribution < 1.29 is 9.59 Å². The second kappa shape index (κ2) is 7.02. The predicted molar refractivity (Wildman–Crippen MR) is 80.0 cm³/mol. The molecule has 2 amide bonds. The molecule has 1 aliphatic rings. The van der Waals surface area contributed by atoms with E-state index in [-0.39, 0.29) is 24.4 Å². The number of carbonyl (C=O) groups excluding carboxylic acids is 2. The lowest BCUT2D eigenvalue weighted by Gasteiger charge is -2.33. The molecule has 1 aromatic carbocycles. The minimum Gasteiger partial charge on any atom is -0.320 e. The third kappa shape index (κ3) is 3.91. The maximum absolute atomic E-state index is 11.8. The van der Waals surface area contributed by atoms with Crippen molar-refractivity contribution in [3.63, 3.8) is 0 Å². The molecule has 1 aliphatic heterocycles. The smallest absolute Gasteiger partial charge is 0.243 e. The maximum atomic E-state index is 11.8. The van der Waals surface area contributed by atoms with E-state index in [1.165, 1.54) is 0 Å². The van der Waals surface area contributed by atoms with Crippen LogP contribution in [0.3, 0.4) is 0 Å². The summed E-state index contributed by atoms with van der Waals surface area (Å²) >= 11 is 0. The fraction of sp³-hybridized carbons (Fsp3) is 0.375. The van der Waals surface area contributed by atoms with Crippen LogP contribution in [0.2, 0.25) is 0 Å². The number of nitrogens with two attached hydrogens (primary N) is 1. The van der Waals surface area contributed by atoms with Crippen LogP contribution in [-0.2, 0) is 16.1 Å². The SMILES string of the molecule is CCC1C(=O)NC(=O)CN1Cc1cccc(C#CCN)c1. The molecule has 0 radical (unpaired) electrons. The summed E-state index contributed by atoms with van der Waals surface area (Å²) < 4.78 is 0. The van der Waals surface area contributed by atoms with Crippen molar-refractivity contribution in [2.24, 2.45) is 5.73 Å². The molecule has 5 heteroatoms. The van der Waals surface area contributed by atoms with Gasteiger partial charge in [-0.1, -0.05) is 30.9 Å².